The SMILES string of the molecule is O=C(CN1C(=O)CCOc2ccccc21)N1CCN(S(=O)(=O)c2cccs2)CC1. The second kappa shape index (κ2) is 8.13. The van der Waals surface area contributed by atoms with E-state index in [2.05, 4.69) is 0 Å². The van der Waals surface area contributed by atoms with Crippen LogP contribution >= 0.6 is 11.3 Å². The fraction of sp³-hybridized carbons (Fsp3) is 0.368. The summed E-state index contributed by atoms with van der Waals surface area (Å²) in [6.45, 7) is 1.25. The monoisotopic (exact) mass is 435 g/mol. The topological polar surface area (TPSA) is 87.2 Å². The van der Waals surface area contributed by atoms with Gasteiger partial charge in [-0.2, -0.15) is 4.31 Å². The smallest absolute Gasteiger partial charge is 0.252 e. The standard InChI is InChI=1S/C19H21N3O5S2/c23-17-7-12-27-16-5-2-1-4-15(16)22(17)14-18(24)20-8-10-21(11-9-20)29(25,26)19-6-3-13-28-19/h1-6,13H,7-12,14H2. The molecule has 0 aliphatic carbocycles. The Labute approximate surface area is 173 Å². The molecule has 10 heteroatoms. The molecule has 1 saturated heterocycles. The van der Waals surface area contributed by atoms with Crippen LogP contribution in [0.4, 0.5) is 5.69 Å². The predicted octanol–water partition coefficient (Wildman–Crippen LogP) is 1.40. The Hall–Kier alpha value is -2.43. The van der Waals surface area contributed by atoms with Crippen molar-refractivity contribution in [2.45, 2.75) is 10.6 Å². The third-order valence-corrected chi connectivity index (χ3v) is 8.28. The van der Waals surface area contributed by atoms with E-state index < -0.39 is 10.0 Å². The van der Waals surface area contributed by atoms with Gasteiger partial charge in [-0.3, -0.25) is 14.5 Å². The van der Waals surface area contributed by atoms with Crippen LogP contribution in [0.2, 0.25) is 0 Å². The largest absolute Gasteiger partial charge is 0.491 e. The van der Waals surface area contributed by atoms with Gasteiger partial charge in [0, 0.05) is 26.2 Å². The van der Waals surface area contributed by atoms with Gasteiger partial charge in [0.1, 0.15) is 16.5 Å². The molecule has 3 heterocycles. The summed E-state index contributed by atoms with van der Waals surface area (Å²) in [5, 5.41) is 1.73. The highest BCUT2D eigenvalue weighted by Gasteiger charge is 2.32. The van der Waals surface area contributed by atoms with Crippen molar-refractivity contribution in [3.8, 4) is 5.75 Å². The number of sulfonamides is 1. The van der Waals surface area contributed by atoms with Crippen LogP contribution in [-0.2, 0) is 19.6 Å². The Bertz CT molecular complexity index is 999. The van der Waals surface area contributed by atoms with Crippen molar-refractivity contribution in [2.24, 2.45) is 0 Å². The summed E-state index contributed by atoms with van der Waals surface area (Å²) < 4.78 is 32.6. The quantitative estimate of drug-likeness (QED) is 0.725. The van der Waals surface area contributed by atoms with Crippen LogP contribution in [0.1, 0.15) is 6.42 Å². The second-order valence-corrected chi connectivity index (χ2v) is 9.88. The van der Waals surface area contributed by atoms with Gasteiger partial charge >= 0.3 is 0 Å². The number of anilines is 1. The van der Waals surface area contributed by atoms with E-state index in [1.54, 1.807) is 40.6 Å². The number of rotatable bonds is 4. The number of thiophene rings is 1. The third kappa shape index (κ3) is 4.00. The molecule has 1 fully saturated rings. The van der Waals surface area contributed by atoms with E-state index in [0.29, 0.717) is 28.7 Å². The molecule has 0 atom stereocenters. The predicted molar refractivity (Wildman–Crippen MR) is 109 cm³/mol. The zero-order chi connectivity index (χ0) is 20.4. The number of carbonyl (C=O) groups is 2. The average molecular weight is 436 g/mol. The molecule has 2 amide bonds. The number of piperazine rings is 1. The van der Waals surface area contributed by atoms with Crippen LogP contribution in [0.15, 0.2) is 46.0 Å². The molecule has 154 valence electrons. The normalized spacial score (nSPS) is 18.1. The highest BCUT2D eigenvalue weighted by atomic mass is 32.2. The fourth-order valence-electron chi connectivity index (χ4n) is 3.44. The summed E-state index contributed by atoms with van der Waals surface area (Å²) in [6, 6.07) is 10.4. The number of fused-ring (bicyclic) bond motifs is 1. The summed E-state index contributed by atoms with van der Waals surface area (Å²) in [5.41, 5.74) is 0.585. The van der Waals surface area contributed by atoms with Crippen molar-refractivity contribution in [1.82, 2.24) is 9.21 Å². The van der Waals surface area contributed by atoms with Gasteiger partial charge < -0.3 is 9.64 Å². The van der Waals surface area contributed by atoms with Crippen molar-refractivity contribution in [3.63, 3.8) is 0 Å². The maximum Gasteiger partial charge on any atom is 0.252 e. The van der Waals surface area contributed by atoms with Gasteiger partial charge in [-0.1, -0.05) is 18.2 Å². The summed E-state index contributed by atoms with van der Waals surface area (Å²) in [5.74, 6) is 0.212. The molecule has 2 aliphatic rings. The Balaban J connectivity index is 1.42. The molecule has 0 unspecified atom stereocenters. The Kier molecular flexibility index (Phi) is 5.57. The highest BCUT2D eigenvalue weighted by molar-refractivity contribution is 7.91. The Morgan fingerprint density at radius 2 is 1.83 bits per heavy atom. The fourth-order valence-corrected chi connectivity index (χ4v) is 6.01. The number of carbonyl (C=O) groups excluding carboxylic acids is 2. The molecule has 0 radical (unpaired) electrons. The van der Waals surface area contributed by atoms with Crippen molar-refractivity contribution in [1.29, 1.82) is 0 Å². The maximum absolute atomic E-state index is 12.8. The molecule has 4 rings (SSSR count). The Morgan fingerprint density at radius 1 is 1.07 bits per heavy atom. The van der Waals surface area contributed by atoms with E-state index in [1.807, 2.05) is 6.07 Å². The molecule has 2 aromatic rings. The van der Waals surface area contributed by atoms with E-state index in [1.165, 1.54) is 20.5 Å². The van der Waals surface area contributed by atoms with Crippen LogP contribution < -0.4 is 9.64 Å². The summed E-state index contributed by atoms with van der Waals surface area (Å²) in [7, 11) is -3.52. The lowest BCUT2D eigenvalue weighted by Crippen LogP contribution is -2.53. The van der Waals surface area contributed by atoms with E-state index in [0.717, 1.165) is 0 Å². The number of benzene rings is 1. The van der Waals surface area contributed by atoms with Crippen LogP contribution in [-0.4, -0.2) is 68.8 Å². The van der Waals surface area contributed by atoms with E-state index in [9.17, 15) is 18.0 Å². The van der Waals surface area contributed by atoms with E-state index >= 15 is 0 Å². The minimum absolute atomic E-state index is 0.0864. The molecule has 0 saturated carbocycles. The zero-order valence-corrected chi connectivity index (χ0v) is 17.3. The van der Waals surface area contributed by atoms with Gasteiger partial charge in [0.25, 0.3) is 10.0 Å². The third-order valence-electron chi connectivity index (χ3n) is 5.00. The molecule has 0 bridgehead atoms. The van der Waals surface area contributed by atoms with Crippen molar-refractivity contribution < 1.29 is 22.7 Å². The first kappa shape index (κ1) is 19.9. The first-order chi connectivity index (χ1) is 14.0. The molecule has 1 aromatic carbocycles. The number of nitrogens with zero attached hydrogens (tertiary/aromatic N) is 3. The van der Waals surface area contributed by atoms with Crippen LogP contribution in [0.5, 0.6) is 5.75 Å². The van der Waals surface area contributed by atoms with Crippen LogP contribution in [0.3, 0.4) is 0 Å². The van der Waals surface area contributed by atoms with Gasteiger partial charge in [-0.05, 0) is 23.6 Å². The lowest BCUT2D eigenvalue weighted by molar-refractivity contribution is -0.132. The minimum Gasteiger partial charge on any atom is -0.491 e. The van der Waals surface area contributed by atoms with Gasteiger partial charge in [0.05, 0.1) is 18.7 Å². The number of hydrogen-bond acceptors (Lipinski definition) is 6. The molecular formula is C19H21N3O5S2. The van der Waals surface area contributed by atoms with Crippen LogP contribution in [0, 0.1) is 0 Å². The van der Waals surface area contributed by atoms with E-state index in [-0.39, 0.29) is 44.5 Å². The number of amides is 2. The summed E-state index contributed by atoms with van der Waals surface area (Å²) in [4.78, 5) is 28.4. The van der Waals surface area contributed by atoms with Crippen molar-refractivity contribution >= 4 is 38.9 Å². The molecule has 0 N–H and O–H groups in total. The number of ether oxygens (including phenoxy) is 1. The molecule has 8 nitrogen and oxygen atoms in total. The zero-order valence-electron chi connectivity index (χ0n) is 15.7. The molecule has 0 spiro atoms. The lowest BCUT2D eigenvalue weighted by atomic mass is 10.2. The molecule has 2 aliphatic heterocycles. The first-order valence-corrected chi connectivity index (χ1v) is 11.6. The lowest BCUT2D eigenvalue weighted by Gasteiger charge is -2.34. The highest BCUT2D eigenvalue weighted by Crippen LogP contribution is 2.31. The first-order valence-electron chi connectivity index (χ1n) is 9.30. The minimum atomic E-state index is -3.52. The summed E-state index contributed by atoms with van der Waals surface area (Å²) >= 11 is 1.18. The average Bonchev–Trinajstić information content (AvgIpc) is 3.23. The van der Waals surface area contributed by atoms with Gasteiger partial charge in [0.15, 0.2) is 0 Å². The van der Waals surface area contributed by atoms with Gasteiger partial charge in [-0.25, -0.2) is 8.42 Å². The Morgan fingerprint density at radius 3 is 2.55 bits per heavy atom. The van der Waals surface area contributed by atoms with E-state index in [4.69, 9.17) is 4.74 Å². The number of hydrogen-bond donors (Lipinski definition) is 0. The maximum atomic E-state index is 12.8. The van der Waals surface area contributed by atoms with Crippen molar-refractivity contribution in [2.75, 3.05) is 44.2 Å². The second-order valence-electron chi connectivity index (χ2n) is 6.76. The molecular weight excluding hydrogens is 414 g/mol. The number of para-hydroxylation sites is 2. The van der Waals surface area contributed by atoms with Crippen LogP contribution in [0.25, 0.3) is 0 Å². The van der Waals surface area contributed by atoms with Gasteiger partial charge in [-0.15, -0.1) is 11.3 Å². The van der Waals surface area contributed by atoms with Crippen molar-refractivity contribution in [3.05, 3.63) is 41.8 Å². The van der Waals surface area contributed by atoms with Gasteiger partial charge in [0.2, 0.25) is 11.8 Å². The molecule has 1 aromatic heterocycles. The summed E-state index contributed by atoms with van der Waals surface area (Å²) in [6.07, 6.45) is 0.203. The molecule has 29 heavy (non-hydrogen) atoms.